The van der Waals surface area contributed by atoms with E-state index in [-0.39, 0.29) is 0 Å². The highest BCUT2D eigenvalue weighted by atomic mass is 79.9. The van der Waals surface area contributed by atoms with Crippen molar-refractivity contribution in [1.29, 1.82) is 0 Å². The Labute approximate surface area is 86.9 Å². The fraction of sp³-hybridized carbons (Fsp3) is 0.273. The van der Waals surface area contributed by atoms with Gasteiger partial charge in [-0.15, -0.1) is 6.42 Å². The minimum absolute atomic E-state index is 0.483. The first-order valence-electron chi connectivity index (χ1n) is 3.98. The summed E-state index contributed by atoms with van der Waals surface area (Å²) in [7, 11) is 0. The van der Waals surface area contributed by atoms with Gasteiger partial charge in [0, 0.05) is 10.9 Å². The molecule has 0 saturated heterocycles. The predicted octanol–water partition coefficient (Wildman–Crippen LogP) is 2.38. The van der Waals surface area contributed by atoms with Crippen molar-refractivity contribution in [3.8, 4) is 12.3 Å². The van der Waals surface area contributed by atoms with Crippen LogP contribution < -0.4 is 0 Å². The van der Waals surface area contributed by atoms with Crippen LogP contribution in [0.4, 0.5) is 0 Å². The molecule has 0 aliphatic heterocycles. The lowest BCUT2D eigenvalue weighted by molar-refractivity contribution is 0.123. The van der Waals surface area contributed by atoms with E-state index in [1.165, 1.54) is 0 Å². The third-order valence-corrected chi connectivity index (χ3v) is 2.30. The number of hydrogen-bond acceptors (Lipinski definition) is 1. The third-order valence-electron chi connectivity index (χ3n) is 1.77. The first kappa shape index (κ1) is 10.3. The minimum Gasteiger partial charge on any atom is -0.378 e. The highest BCUT2D eigenvalue weighted by molar-refractivity contribution is 9.10. The summed E-state index contributed by atoms with van der Waals surface area (Å²) in [5.41, 5.74) is -0.0143. The highest BCUT2D eigenvalue weighted by Gasteiger charge is 2.16. The molecular formula is C11H11BrO. The molecule has 0 amide bonds. The molecule has 0 aromatic heterocycles. The lowest BCUT2D eigenvalue weighted by Gasteiger charge is -2.15. The third kappa shape index (κ3) is 3.22. The molecule has 1 nitrogen and oxygen atoms in total. The summed E-state index contributed by atoms with van der Waals surface area (Å²) >= 11 is 3.34. The predicted molar refractivity (Wildman–Crippen MR) is 57.3 cm³/mol. The van der Waals surface area contributed by atoms with Crippen LogP contribution >= 0.6 is 15.9 Å². The Bertz CT molecular complexity index is 319. The van der Waals surface area contributed by atoms with Crippen molar-refractivity contribution in [2.24, 2.45) is 0 Å². The van der Waals surface area contributed by atoms with Gasteiger partial charge < -0.3 is 5.11 Å². The zero-order chi connectivity index (χ0) is 9.90. The number of rotatable bonds is 2. The first-order valence-corrected chi connectivity index (χ1v) is 4.77. The fourth-order valence-electron chi connectivity index (χ4n) is 1.05. The molecule has 1 aromatic rings. The molecule has 0 bridgehead atoms. The van der Waals surface area contributed by atoms with E-state index in [1.54, 1.807) is 6.92 Å². The summed E-state index contributed by atoms with van der Waals surface area (Å²) in [4.78, 5) is 0. The van der Waals surface area contributed by atoms with Crippen LogP contribution in [0, 0.1) is 12.3 Å². The average molecular weight is 239 g/mol. The zero-order valence-corrected chi connectivity index (χ0v) is 9.01. The molecule has 0 spiro atoms. The largest absolute Gasteiger partial charge is 0.378 e. The maximum absolute atomic E-state index is 9.60. The Morgan fingerprint density at radius 3 is 2.46 bits per heavy atom. The van der Waals surface area contributed by atoms with Crippen molar-refractivity contribution in [1.82, 2.24) is 0 Å². The lowest BCUT2D eigenvalue weighted by Crippen LogP contribution is -2.24. The van der Waals surface area contributed by atoms with Crippen LogP contribution in [0.15, 0.2) is 28.7 Å². The zero-order valence-electron chi connectivity index (χ0n) is 7.42. The van der Waals surface area contributed by atoms with Gasteiger partial charge in [-0.05, 0) is 24.6 Å². The Balaban J connectivity index is 2.77. The van der Waals surface area contributed by atoms with Gasteiger partial charge in [0.1, 0.15) is 5.60 Å². The SMILES string of the molecule is C#CC(C)(O)Cc1ccc(Br)cc1. The molecule has 0 saturated carbocycles. The Hall–Kier alpha value is -0.780. The summed E-state index contributed by atoms with van der Waals surface area (Å²) in [5.74, 6) is 2.35. The van der Waals surface area contributed by atoms with Crippen molar-refractivity contribution in [2.45, 2.75) is 18.9 Å². The molecule has 1 N–H and O–H groups in total. The quantitative estimate of drug-likeness (QED) is 0.785. The smallest absolute Gasteiger partial charge is 0.126 e. The topological polar surface area (TPSA) is 20.2 Å². The number of aliphatic hydroxyl groups is 1. The van der Waals surface area contributed by atoms with Gasteiger partial charge in [0.2, 0.25) is 0 Å². The number of hydrogen-bond donors (Lipinski definition) is 1. The van der Waals surface area contributed by atoms with Gasteiger partial charge in [-0.1, -0.05) is 34.0 Å². The van der Waals surface area contributed by atoms with Gasteiger partial charge in [0.05, 0.1) is 0 Å². The number of terminal acetylenes is 1. The van der Waals surface area contributed by atoms with Crippen molar-refractivity contribution >= 4 is 15.9 Å². The summed E-state index contributed by atoms with van der Waals surface area (Å²) < 4.78 is 1.02. The monoisotopic (exact) mass is 238 g/mol. The molecule has 0 aliphatic rings. The molecule has 1 atom stereocenters. The second-order valence-corrected chi connectivity index (χ2v) is 4.14. The maximum atomic E-state index is 9.60. The normalized spacial score (nSPS) is 14.6. The first-order chi connectivity index (χ1) is 6.03. The molecular weight excluding hydrogens is 228 g/mol. The van der Waals surface area contributed by atoms with E-state index in [2.05, 4.69) is 21.9 Å². The molecule has 0 radical (unpaired) electrons. The summed E-state index contributed by atoms with van der Waals surface area (Å²) in [6, 6.07) is 7.75. The van der Waals surface area contributed by atoms with E-state index in [9.17, 15) is 5.11 Å². The minimum atomic E-state index is -1.05. The van der Waals surface area contributed by atoms with E-state index in [0.29, 0.717) is 6.42 Å². The molecule has 68 valence electrons. The van der Waals surface area contributed by atoms with Gasteiger partial charge in [-0.2, -0.15) is 0 Å². The molecule has 2 heteroatoms. The van der Waals surface area contributed by atoms with Crippen molar-refractivity contribution < 1.29 is 5.11 Å². The van der Waals surface area contributed by atoms with Crippen LogP contribution in [0.1, 0.15) is 12.5 Å². The number of halogens is 1. The average Bonchev–Trinajstić information content (AvgIpc) is 2.09. The van der Waals surface area contributed by atoms with Crippen LogP contribution in [-0.4, -0.2) is 10.7 Å². The van der Waals surface area contributed by atoms with Crippen molar-refractivity contribution in [3.63, 3.8) is 0 Å². The molecule has 0 aliphatic carbocycles. The Kier molecular flexibility index (Phi) is 3.13. The highest BCUT2D eigenvalue weighted by Crippen LogP contribution is 2.15. The standard InChI is InChI=1S/C11H11BrO/c1-3-11(2,13)8-9-4-6-10(12)7-5-9/h1,4-7,13H,8H2,2H3. The van der Waals surface area contributed by atoms with Crippen molar-refractivity contribution in [3.05, 3.63) is 34.3 Å². The van der Waals surface area contributed by atoms with Gasteiger partial charge in [0.15, 0.2) is 0 Å². The van der Waals surface area contributed by atoms with Crippen LogP contribution in [0.5, 0.6) is 0 Å². The van der Waals surface area contributed by atoms with E-state index in [1.807, 2.05) is 24.3 Å². The molecule has 1 aromatic carbocycles. The van der Waals surface area contributed by atoms with Gasteiger partial charge in [-0.3, -0.25) is 0 Å². The van der Waals surface area contributed by atoms with Gasteiger partial charge >= 0.3 is 0 Å². The Morgan fingerprint density at radius 1 is 1.46 bits per heavy atom. The second-order valence-electron chi connectivity index (χ2n) is 3.22. The summed E-state index contributed by atoms with van der Waals surface area (Å²) in [6.07, 6.45) is 5.66. The second kappa shape index (κ2) is 3.95. The molecule has 1 unspecified atom stereocenters. The van der Waals surface area contributed by atoms with Crippen LogP contribution in [0.25, 0.3) is 0 Å². The molecule has 1 rings (SSSR count). The molecule has 13 heavy (non-hydrogen) atoms. The molecule has 0 heterocycles. The van der Waals surface area contributed by atoms with E-state index < -0.39 is 5.60 Å². The summed E-state index contributed by atoms with van der Waals surface area (Å²) in [6.45, 7) is 1.63. The van der Waals surface area contributed by atoms with E-state index in [4.69, 9.17) is 6.42 Å². The van der Waals surface area contributed by atoms with E-state index in [0.717, 1.165) is 10.0 Å². The van der Waals surface area contributed by atoms with Crippen LogP contribution in [0.3, 0.4) is 0 Å². The lowest BCUT2D eigenvalue weighted by atomic mass is 9.98. The maximum Gasteiger partial charge on any atom is 0.126 e. The van der Waals surface area contributed by atoms with Gasteiger partial charge in [-0.25, -0.2) is 0 Å². The summed E-state index contributed by atoms with van der Waals surface area (Å²) in [5, 5.41) is 9.60. The van der Waals surface area contributed by atoms with Crippen molar-refractivity contribution in [2.75, 3.05) is 0 Å². The fourth-order valence-corrected chi connectivity index (χ4v) is 1.32. The van der Waals surface area contributed by atoms with Gasteiger partial charge in [0.25, 0.3) is 0 Å². The molecule has 0 fully saturated rings. The number of benzene rings is 1. The van der Waals surface area contributed by atoms with E-state index >= 15 is 0 Å². The van der Waals surface area contributed by atoms with Crippen LogP contribution in [0.2, 0.25) is 0 Å². The van der Waals surface area contributed by atoms with Crippen LogP contribution in [-0.2, 0) is 6.42 Å². The Morgan fingerprint density at radius 2 is 2.00 bits per heavy atom.